The number of carbonyl (C=O) groups is 1. The smallest absolute Gasteiger partial charge is 0.420 e. The Morgan fingerprint density at radius 2 is 2.28 bits per heavy atom. The summed E-state index contributed by atoms with van der Waals surface area (Å²) in [4.78, 5) is 23.2. The summed E-state index contributed by atoms with van der Waals surface area (Å²) in [5.41, 5.74) is 1.46. The van der Waals surface area contributed by atoms with Gasteiger partial charge in [0.1, 0.15) is 6.04 Å². The van der Waals surface area contributed by atoms with Crippen molar-refractivity contribution in [2.45, 2.75) is 19.6 Å². The molecule has 0 amide bonds. The molecule has 18 heavy (non-hydrogen) atoms. The van der Waals surface area contributed by atoms with E-state index in [0.29, 0.717) is 16.7 Å². The maximum absolute atomic E-state index is 11.7. The Morgan fingerprint density at radius 1 is 1.56 bits per heavy atom. The molecule has 6 heteroatoms. The van der Waals surface area contributed by atoms with Crippen LogP contribution in [0.4, 0.5) is 0 Å². The number of rotatable bonds is 3. The molecule has 1 aromatic carbocycles. The molecule has 0 aliphatic rings. The van der Waals surface area contributed by atoms with Crippen molar-refractivity contribution < 1.29 is 19.1 Å². The first-order valence-corrected chi connectivity index (χ1v) is 5.41. The van der Waals surface area contributed by atoms with E-state index < -0.39 is 17.8 Å². The fourth-order valence-corrected chi connectivity index (χ4v) is 1.82. The number of benzene rings is 1. The third-order valence-corrected chi connectivity index (χ3v) is 2.79. The van der Waals surface area contributed by atoms with Gasteiger partial charge in [-0.05, 0) is 24.6 Å². The molecule has 2 aromatic rings. The summed E-state index contributed by atoms with van der Waals surface area (Å²) in [7, 11) is 1.26. The highest BCUT2D eigenvalue weighted by Crippen LogP contribution is 2.19. The summed E-state index contributed by atoms with van der Waals surface area (Å²) in [5, 5.41) is 9.08. The Labute approximate surface area is 102 Å². The van der Waals surface area contributed by atoms with Crippen LogP contribution in [-0.4, -0.2) is 22.8 Å². The first kappa shape index (κ1) is 12.4. The van der Waals surface area contributed by atoms with Crippen LogP contribution in [0.1, 0.15) is 18.5 Å². The van der Waals surface area contributed by atoms with Crippen molar-refractivity contribution in [2.75, 3.05) is 7.11 Å². The minimum absolute atomic E-state index is 0.151. The van der Waals surface area contributed by atoms with Gasteiger partial charge in [0.2, 0.25) is 0 Å². The summed E-state index contributed by atoms with van der Waals surface area (Å²) in [6, 6.07) is 4.07. The van der Waals surface area contributed by atoms with Gasteiger partial charge < -0.3 is 14.3 Å². The fraction of sp³-hybridized carbons (Fsp3) is 0.333. The lowest BCUT2D eigenvalue weighted by Crippen LogP contribution is -2.25. The molecule has 1 atom stereocenters. The second-order valence-electron chi connectivity index (χ2n) is 3.90. The lowest BCUT2D eigenvalue weighted by molar-refractivity contribution is -0.144. The molecule has 96 valence electrons. The summed E-state index contributed by atoms with van der Waals surface area (Å²) in [6.45, 7) is 1.40. The lowest BCUT2D eigenvalue weighted by atomic mass is 10.2. The van der Waals surface area contributed by atoms with E-state index in [4.69, 9.17) is 9.52 Å². The summed E-state index contributed by atoms with van der Waals surface area (Å²) in [5.74, 6) is -1.16. The van der Waals surface area contributed by atoms with Gasteiger partial charge in [0.05, 0.1) is 19.2 Å². The monoisotopic (exact) mass is 251 g/mol. The van der Waals surface area contributed by atoms with Crippen LogP contribution in [0.3, 0.4) is 0 Å². The predicted molar refractivity (Wildman–Crippen MR) is 63.1 cm³/mol. The van der Waals surface area contributed by atoms with E-state index in [1.54, 1.807) is 25.1 Å². The number of nitrogens with zero attached hydrogens (tertiary/aromatic N) is 1. The Bertz CT molecular complexity index is 639. The second kappa shape index (κ2) is 4.66. The lowest BCUT2D eigenvalue weighted by Gasteiger charge is -2.09. The second-order valence-corrected chi connectivity index (χ2v) is 3.90. The number of esters is 1. The Balaban J connectivity index is 2.65. The number of aliphatic hydroxyl groups is 1. The van der Waals surface area contributed by atoms with Crippen LogP contribution in [0.15, 0.2) is 27.4 Å². The summed E-state index contributed by atoms with van der Waals surface area (Å²) < 4.78 is 10.8. The molecule has 1 unspecified atom stereocenters. The van der Waals surface area contributed by atoms with Gasteiger partial charge in [-0.15, -0.1) is 0 Å². The van der Waals surface area contributed by atoms with Gasteiger partial charge in [-0.2, -0.15) is 0 Å². The highest BCUT2D eigenvalue weighted by atomic mass is 16.5. The quantitative estimate of drug-likeness (QED) is 0.817. The number of carbonyl (C=O) groups excluding carboxylic acids is 1. The van der Waals surface area contributed by atoms with E-state index in [9.17, 15) is 9.59 Å². The van der Waals surface area contributed by atoms with E-state index in [0.717, 1.165) is 0 Å². The molecule has 1 heterocycles. The Kier molecular flexibility index (Phi) is 3.20. The van der Waals surface area contributed by atoms with Gasteiger partial charge in [0.25, 0.3) is 0 Å². The van der Waals surface area contributed by atoms with Crippen molar-refractivity contribution in [2.24, 2.45) is 0 Å². The first-order valence-electron chi connectivity index (χ1n) is 5.41. The Morgan fingerprint density at radius 3 is 2.89 bits per heavy atom. The first-order chi connectivity index (χ1) is 8.58. The van der Waals surface area contributed by atoms with Gasteiger partial charge in [-0.1, -0.05) is 6.07 Å². The molecule has 2 rings (SSSR count). The minimum Gasteiger partial charge on any atom is -0.467 e. The number of oxazole rings is 1. The van der Waals surface area contributed by atoms with Crippen molar-refractivity contribution in [1.82, 2.24) is 4.57 Å². The minimum atomic E-state index is -0.780. The van der Waals surface area contributed by atoms with Crippen LogP contribution < -0.4 is 5.76 Å². The van der Waals surface area contributed by atoms with Gasteiger partial charge in [0, 0.05) is 0 Å². The van der Waals surface area contributed by atoms with Crippen LogP contribution in [0.5, 0.6) is 0 Å². The molecule has 6 nitrogen and oxygen atoms in total. The zero-order chi connectivity index (χ0) is 13.3. The number of methoxy groups -OCH3 is 1. The summed E-state index contributed by atoms with van der Waals surface area (Å²) >= 11 is 0. The number of aliphatic hydroxyl groups excluding tert-OH is 1. The molecule has 0 saturated heterocycles. The molecule has 0 saturated carbocycles. The third kappa shape index (κ3) is 1.91. The topological polar surface area (TPSA) is 81.7 Å². The molecule has 0 radical (unpaired) electrons. The van der Waals surface area contributed by atoms with E-state index in [1.165, 1.54) is 11.7 Å². The maximum Gasteiger partial charge on any atom is 0.420 e. The molecule has 0 spiro atoms. The number of fused-ring (bicyclic) bond motifs is 1. The van der Waals surface area contributed by atoms with Crippen molar-refractivity contribution in [3.8, 4) is 0 Å². The van der Waals surface area contributed by atoms with Gasteiger partial charge in [0.15, 0.2) is 5.58 Å². The van der Waals surface area contributed by atoms with Crippen molar-refractivity contribution in [3.05, 3.63) is 34.3 Å². The maximum atomic E-state index is 11.7. The molecule has 0 bridgehead atoms. The van der Waals surface area contributed by atoms with E-state index in [-0.39, 0.29) is 6.61 Å². The van der Waals surface area contributed by atoms with Crippen molar-refractivity contribution in [3.63, 3.8) is 0 Å². The molecule has 1 N–H and O–H groups in total. The standard InChI is InChI=1S/C12H13NO5/c1-7(11(15)17-2)13-9-5-8(6-14)3-4-10(9)18-12(13)16/h3-5,7,14H,6H2,1-2H3. The van der Waals surface area contributed by atoms with Gasteiger partial charge in [-0.3, -0.25) is 4.57 Å². The molecular weight excluding hydrogens is 238 g/mol. The molecule has 0 aliphatic heterocycles. The zero-order valence-corrected chi connectivity index (χ0v) is 10.0. The van der Waals surface area contributed by atoms with E-state index in [2.05, 4.69) is 4.74 Å². The highest BCUT2D eigenvalue weighted by Gasteiger charge is 2.21. The van der Waals surface area contributed by atoms with Crippen LogP contribution in [0.25, 0.3) is 11.1 Å². The van der Waals surface area contributed by atoms with Crippen LogP contribution >= 0.6 is 0 Å². The number of hydrogen-bond acceptors (Lipinski definition) is 5. The average molecular weight is 251 g/mol. The predicted octanol–water partition coefficient (Wildman–Crippen LogP) is 0.821. The third-order valence-electron chi connectivity index (χ3n) is 2.79. The molecule has 1 aromatic heterocycles. The average Bonchev–Trinajstić information content (AvgIpc) is 2.71. The van der Waals surface area contributed by atoms with Crippen LogP contribution in [0, 0.1) is 0 Å². The van der Waals surface area contributed by atoms with E-state index >= 15 is 0 Å². The van der Waals surface area contributed by atoms with Crippen molar-refractivity contribution in [1.29, 1.82) is 0 Å². The van der Waals surface area contributed by atoms with Crippen molar-refractivity contribution >= 4 is 17.1 Å². The normalized spacial score (nSPS) is 12.6. The van der Waals surface area contributed by atoms with Crippen LogP contribution in [-0.2, 0) is 16.1 Å². The Hall–Kier alpha value is -2.08. The highest BCUT2D eigenvalue weighted by molar-refractivity contribution is 5.79. The fourth-order valence-electron chi connectivity index (χ4n) is 1.82. The number of hydrogen-bond donors (Lipinski definition) is 1. The summed E-state index contributed by atoms with van der Waals surface area (Å²) in [6.07, 6.45) is 0. The van der Waals surface area contributed by atoms with Crippen LogP contribution in [0.2, 0.25) is 0 Å². The number of ether oxygens (including phenoxy) is 1. The molecular formula is C12H13NO5. The zero-order valence-electron chi connectivity index (χ0n) is 10.0. The SMILES string of the molecule is COC(=O)C(C)n1c(=O)oc2ccc(CO)cc21. The largest absolute Gasteiger partial charge is 0.467 e. The number of aromatic nitrogens is 1. The van der Waals surface area contributed by atoms with Gasteiger partial charge >= 0.3 is 11.7 Å². The van der Waals surface area contributed by atoms with E-state index in [1.807, 2.05) is 0 Å². The molecule has 0 fully saturated rings. The molecule has 0 aliphatic carbocycles. The van der Waals surface area contributed by atoms with Gasteiger partial charge in [-0.25, -0.2) is 9.59 Å².